The molecule has 0 bridgehead atoms. The predicted molar refractivity (Wildman–Crippen MR) is 98.1 cm³/mol. The smallest absolute Gasteiger partial charge is 0.275 e. The molecule has 2 heterocycles. The number of aromatic nitrogens is 1. The maximum atomic E-state index is 12.2. The van der Waals surface area contributed by atoms with E-state index >= 15 is 0 Å². The molecule has 0 atom stereocenters. The molecule has 6 nitrogen and oxygen atoms in total. The highest BCUT2D eigenvalue weighted by molar-refractivity contribution is 7.09. The van der Waals surface area contributed by atoms with Crippen molar-refractivity contribution in [1.82, 2.24) is 4.98 Å². The Labute approximate surface area is 150 Å². The number of nitrogens with one attached hydrogen (secondary N) is 1. The van der Waals surface area contributed by atoms with Gasteiger partial charge in [0.15, 0.2) is 0 Å². The first-order chi connectivity index (χ1) is 11.2. The van der Waals surface area contributed by atoms with Gasteiger partial charge in [-0.1, -0.05) is 6.07 Å². The molecule has 1 saturated heterocycles. The first kappa shape index (κ1) is 18.4. The third kappa shape index (κ3) is 4.11. The zero-order chi connectivity index (χ0) is 16.2. The minimum Gasteiger partial charge on any atom is -0.330 e. The van der Waals surface area contributed by atoms with Crippen LogP contribution in [0.2, 0.25) is 0 Å². The van der Waals surface area contributed by atoms with Crippen molar-refractivity contribution in [3.8, 4) is 0 Å². The average molecular weight is 367 g/mol. The summed E-state index contributed by atoms with van der Waals surface area (Å²) < 4.78 is 0. The number of nitrogens with zero attached hydrogens (tertiary/aromatic N) is 2. The molecule has 0 unspecified atom stereocenters. The number of carbonyl (C=O) groups is 2. The maximum Gasteiger partial charge on any atom is 0.275 e. The molecule has 24 heavy (non-hydrogen) atoms. The van der Waals surface area contributed by atoms with Crippen molar-refractivity contribution in [1.29, 1.82) is 0 Å². The Bertz CT molecular complexity index is 734. The van der Waals surface area contributed by atoms with Crippen LogP contribution >= 0.6 is 23.7 Å². The van der Waals surface area contributed by atoms with Crippen LogP contribution in [0.1, 0.15) is 28.3 Å². The standard InChI is InChI=1S/C16H18N4O2S.ClH/c17-7-6-14-19-13(10-23-14)16(22)18-11-3-1-4-12(9-11)20-8-2-5-15(20)21;/h1,3-4,9-10H,2,5-8,17H2,(H,18,22);1H. The number of nitrogens with two attached hydrogens (primary N) is 1. The van der Waals surface area contributed by atoms with E-state index < -0.39 is 0 Å². The third-order valence-corrected chi connectivity index (χ3v) is 4.54. The second kappa shape index (κ2) is 8.23. The van der Waals surface area contributed by atoms with Gasteiger partial charge in [0, 0.05) is 36.1 Å². The monoisotopic (exact) mass is 366 g/mol. The van der Waals surface area contributed by atoms with Crippen LogP contribution in [-0.2, 0) is 11.2 Å². The van der Waals surface area contributed by atoms with Crippen LogP contribution in [0.5, 0.6) is 0 Å². The second-order valence-electron chi connectivity index (χ2n) is 5.32. The van der Waals surface area contributed by atoms with Gasteiger partial charge < -0.3 is 16.0 Å². The van der Waals surface area contributed by atoms with Crippen molar-refractivity contribution < 1.29 is 9.59 Å². The fraction of sp³-hybridized carbons (Fsp3) is 0.312. The minimum atomic E-state index is -0.255. The topological polar surface area (TPSA) is 88.3 Å². The van der Waals surface area contributed by atoms with Crippen LogP contribution in [0.3, 0.4) is 0 Å². The molecule has 3 N–H and O–H groups in total. The number of hydrogen-bond donors (Lipinski definition) is 2. The highest BCUT2D eigenvalue weighted by Gasteiger charge is 2.22. The van der Waals surface area contributed by atoms with Crippen molar-refractivity contribution >= 4 is 46.9 Å². The predicted octanol–water partition coefficient (Wildman–Crippen LogP) is 2.45. The zero-order valence-electron chi connectivity index (χ0n) is 13.0. The highest BCUT2D eigenvalue weighted by Crippen LogP contribution is 2.24. The van der Waals surface area contributed by atoms with Crippen molar-refractivity contribution in [2.24, 2.45) is 5.73 Å². The molecule has 0 aliphatic carbocycles. The van der Waals surface area contributed by atoms with E-state index in [-0.39, 0.29) is 24.2 Å². The number of benzene rings is 1. The Hall–Kier alpha value is -1.96. The summed E-state index contributed by atoms with van der Waals surface area (Å²) in [5.41, 5.74) is 7.35. The van der Waals surface area contributed by atoms with Crippen LogP contribution in [0.4, 0.5) is 11.4 Å². The first-order valence-electron chi connectivity index (χ1n) is 7.53. The summed E-state index contributed by atoms with van der Waals surface area (Å²) in [7, 11) is 0. The van der Waals surface area contributed by atoms with Crippen molar-refractivity contribution in [3.05, 3.63) is 40.3 Å². The summed E-state index contributed by atoms with van der Waals surface area (Å²) in [6, 6.07) is 7.32. The molecule has 1 aliphatic heterocycles. The van der Waals surface area contributed by atoms with Crippen LogP contribution in [0.15, 0.2) is 29.6 Å². The summed E-state index contributed by atoms with van der Waals surface area (Å²) in [6.07, 6.45) is 2.13. The average Bonchev–Trinajstić information content (AvgIpc) is 3.17. The van der Waals surface area contributed by atoms with Crippen molar-refractivity contribution in [3.63, 3.8) is 0 Å². The van der Waals surface area contributed by atoms with E-state index in [1.807, 2.05) is 18.2 Å². The third-order valence-electron chi connectivity index (χ3n) is 3.63. The Morgan fingerprint density at radius 1 is 1.42 bits per heavy atom. The lowest BCUT2D eigenvalue weighted by Gasteiger charge is -2.16. The summed E-state index contributed by atoms with van der Waals surface area (Å²) in [5.74, 6) is -0.131. The number of hydrogen-bond acceptors (Lipinski definition) is 5. The van der Waals surface area contributed by atoms with Crippen LogP contribution in [-0.4, -0.2) is 29.9 Å². The van der Waals surface area contributed by atoms with Gasteiger partial charge in [0.25, 0.3) is 5.91 Å². The molecule has 8 heteroatoms. The Morgan fingerprint density at radius 2 is 2.25 bits per heavy atom. The molecule has 0 saturated carbocycles. The number of thiazole rings is 1. The van der Waals surface area contributed by atoms with Gasteiger partial charge in [-0.2, -0.15) is 0 Å². The molecule has 1 fully saturated rings. The van der Waals surface area contributed by atoms with Gasteiger partial charge >= 0.3 is 0 Å². The quantitative estimate of drug-likeness (QED) is 0.850. The van der Waals surface area contributed by atoms with Gasteiger partial charge in [0.05, 0.1) is 5.01 Å². The maximum absolute atomic E-state index is 12.2. The molecular weight excluding hydrogens is 348 g/mol. The Morgan fingerprint density at radius 3 is 2.96 bits per heavy atom. The second-order valence-corrected chi connectivity index (χ2v) is 6.26. The lowest BCUT2D eigenvalue weighted by Crippen LogP contribution is -2.23. The van der Waals surface area contributed by atoms with E-state index in [0.717, 1.165) is 23.7 Å². The van der Waals surface area contributed by atoms with E-state index in [2.05, 4.69) is 10.3 Å². The van der Waals surface area contributed by atoms with Gasteiger partial charge in [0.2, 0.25) is 5.91 Å². The Balaban J connectivity index is 0.00000208. The molecule has 1 aliphatic rings. The molecule has 1 aromatic heterocycles. The van der Waals surface area contributed by atoms with Crippen LogP contribution < -0.4 is 16.0 Å². The molecular formula is C16H19ClN4O2S. The number of amides is 2. The zero-order valence-corrected chi connectivity index (χ0v) is 14.7. The van der Waals surface area contributed by atoms with Gasteiger partial charge in [-0.15, -0.1) is 23.7 Å². The number of halogens is 1. The molecule has 3 rings (SSSR count). The lowest BCUT2D eigenvalue weighted by atomic mass is 10.2. The summed E-state index contributed by atoms with van der Waals surface area (Å²) in [4.78, 5) is 30.1. The van der Waals surface area contributed by atoms with Crippen molar-refractivity contribution in [2.75, 3.05) is 23.3 Å². The molecule has 2 amide bonds. The van der Waals surface area contributed by atoms with E-state index in [0.29, 0.717) is 30.8 Å². The molecule has 0 radical (unpaired) electrons. The van der Waals surface area contributed by atoms with E-state index in [4.69, 9.17) is 5.73 Å². The fourth-order valence-electron chi connectivity index (χ4n) is 2.52. The number of rotatable bonds is 5. The van der Waals surface area contributed by atoms with E-state index in [9.17, 15) is 9.59 Å². The van der Waals surface area contributed by atoms with Gasteiger partial charge in [0.1, 0.15) is 5.69 Å². The van der Waals surface area contributed by atoms with Crippen LogP contribution in [0, 0.1) is 0 Å². The molecule has 1 aromatic carbocycles. The van der Waals surface area contributed by atoms with Gasteiger partial charge in [-0.05, 0) is 31.2 Å². The van der Waals surface area contributed by atoms with E-state index in [1.165, 1.54) is 11.3 Å². The summed E-state index contributed by atoms with van der Waals surface area (Å²) >= 11 is 1.43. The highest BCUT2D eigenvalue weighted by atomic mass is 35.5. The minimum absolute atomic E-state index is 0. The lowest BCUT2D eigenvalue weighted by molar-refractivity contribution is -0.117. The van der Waals surface area contributed by atoms with Crippen molar-refractivity contribution in [2.45, 2.75) is 19.3 Å². The Kier molecular flexibility index (Phi) is 6.30. The SMILES string of the molecule is Cl.NCCc1nc(C(=O)Nc2cccc(N3CCCC3=O)c2)cs1. The van der Waals surface area contributed by atoms with E-state index in [1.54, 1.807) is 16.3 Å². The number of anilines is 2. The van der Waals surface area contributed by atoms with Gasteiger partial charge in [-0.3, -0.25) is 9.59 Å². The summed E-state index contributed by atoms with van der Waals surface area (Å²) in [5, 5.41) is 5.41. The largest absolute Gasteiger partial charge is 0.330 e. The summed E-state index contributed by atoms with van der Waals surface area (Å²) in [6.45, 7) is 1.24. The van der Waals surface area contributed by atoms with Crippen LogP contribution in [0.25, 0.3) is 0 Å². The first-order valence-corrected chi connectivity index (χ1v) is 8.41. The molecule has 128 valence electrons. The number of carbonyl (C=O) groups excluding carboxylic acids is 2. The fourth-order valence-corrected chi connectivity index (χ4v) is 3.32. The molecule has 0 spiro atoms. The normalized spacial score (nSPS) is 13.7. The molecule has 2 aromatic rings. The van der Waals surface area contributed by atoms with Gasteiger partial charge in [-0.25, -0.2) is 4.98 Å².